The van der Waals surface area contributed by atoms with Gasteiger partial charge in [0.25, 0.3) is 0 Å². The Bertz CT molecular complexity index is 691. The highest BCUT2D eigenvalue weighted by atomic mass is 16.4. The molecule has 0 saturated heterocycles. The first-order chi connectivity index (χ1) is 11.4. The molecule has 6 nitrogen and oxygen atoms in total. The van der Waals surface area contributed by atoms with Gasteiger partial charge in [-0.1, -0.05) is 19.9 Å². The van der Waals surface area contributed by atoms with E-state index in [-0.39, 0.29) is 0 Å². The third-order valence-electron chi connectivity index (χ3n) is 4.88. The molecular weight excluding hydrogens is 304 g/mol. The van der Waals surface area contributed by atoms with Crippen LogP contribution >= 0.6 is 0 Å². The maximum atomic E-state index is 11.6. The van der Waals surface area contributed by atoms with Crippen molar-refractivity contribution in [3.63, 3.8) is 0 Å². The number of nitrogens with one attached hydrogen (secondary N) is 1. The van der Waals surface area contributed by atoms with Gasteiger partial charge in [0.15, 0.2) is 5.82 Å². The van der Waals surface area contributed by atoms with Gasteiger partial charge in [0.2, 0.25) is 0 Å². The molecule has 0 aromatic carbocycles. The van der Waals surface area contributed by atoms with Crippen LogP contribution in [0, 0.1) is 19.3 Å². The third kappa shape index (κ3) is 3.48. The quantitative estimate of drug-likeness (QED) is 0.778. The van der Waals surface area contributed by atoms with Crippen LogP contribution in [0.5, 0.6) is 0 Å². The second-order valence-electron chi connectivity index (χ2n) is 6.15. The summed E-state index contributed by atoms with van der Waals surface area (Å²) in [6.07, 6.45) is 2.96. The Balaban J connectivity index is 2.14. The summed E-state index contributed by atoms with van der Waals surface area (Å²) in [4.78, 5) is 15.9. The van der Waals surface area contributed by atoms with Gasteiger partial charge in [0, 0.05) is 30.5 Å². The lowest BCUT2D eigenvalue weighted by Crippen LogP contribution is -2.40. The van der Waals surface area contributed by atoms with Gasteiger partial charge < -0.3 is 10.4 Å². The Morgan fingerprint density at radius 1 is 1.29 bits per heavy atom. The monoisotopic (exact) mass is 330 g/mol. The fraction of sp³-hybridized carbons (Fsp3) is 0.500. The Kier molecular flexibility index (Phi) is 5.72. The number of hydrogen-bond acceptors (Lipinski definition) is 4. The average molecular weight is 330 g/mol. The first-order valence-electron chi connectivity index (χ1n) is 8.35. The predicted molar refractivity (Wildman–Crippen MR) is 93.2 cm³/mol. The van der Waals surface area contributed by atoms with Crippen LogP contribution in [-0.2, 0) is 11.3 Å². The van der Waals surface area contributed by atoms with Crippen molar-refractivity contribution in [3.05, 3.63) is 41.3 Å². The van der Waals surface area contributed by atoms with Crippen LogP contribution in [0.3, 0.4) is 0 Å². The molecule has 2 aromatic heterocycles. The molecular formula is C18H26N4O2. The predicted octanol–water partition coefficient (Wildman–Crippen LogP) is 2.86. The smallest absolute Gasteiger partial charge is 0.310 e. The highest BCUT2D eigenvalue weighted by molar-refractivity contribution is 5.74. The molecule has 0 atom stereocenters. The maximum absolute atomic E-state index is 11.6. The highest BCUT2D eigenvalue weighted by Gasteiger charge is 2.34. The van der Waals surface area contributed by atoms with Crippen LogP contribution in [0.15, 0.2) is 24.4 Å². The fourth-order valence-electron chi connectivity index (χ4n) is 2.94. The van der Waals surface area contributed by atoms with Crippen molar-refractivity contribution >= 4 is 5.97 Å². The summed E-state index contributed by atoms with van der Waals surface area (Å²) in [5.74, 6) is 0.0453. The normalized spacial score (nSPS) is 11.7. The van der Waals surface area contributed by atoms with Crippen LogP contribution in [0.4, 0.5) is 0 Å². The first-order valence-corrected chi connectivity index (χ1v) is 8.35. The van der Waals surface area contributed by atoms with Gasteiger partial charge in [-0.25, -0.2) is 9.67 Å². The number of rotatable bonds is 8. The van der Waals surface area contributed by atoms with Crippen molar-refractivity contribution < 1.29 is 9.90 Å². The molecule has 6 heteroatoms. The van der Waals surface area contributed by atoms with Crippen LogP contribution in [-0.4, -0.2) is 32.4 Å². The summed E-state index contributed by atoms with van der Waals surface area (Å²) >= 11 is 0. The van der Waals surface area contributed by atoms with Crippen molar-refractivity contribution in [2.24, 2.45) is 5.41 Å². The molecule has 2 aromatic rings. The Morgan fingerprint density at radius 3 is 2.54 bits per heavy atom. The molecule has 0 fully saturated rings. The summed E-state index contributed by atoms with van der Waals surface area (Å²) in [7, 11) is 0. The number of carbonyl (C=O) groups is 1. The molecule has 0 unspecified atom stereocenters. The molecule has 0 aliphatic carbocycles. The fourth-order valence-corrected chi connectivity index (χ4v) is 2.94. The van der Waals surface area contributed by atoms with E-state index in [0.717, 1.165) is 22.8 Å². The topological polar surface area (TPSA) is 80.0 Å². The van der Waals surface area contributed by atoms with E-state index in [1.165, 1.54) is 0 Å². The van der Waals surface area contributed by atoms with E-state index in [9.17, 15) is 9.90 Å². The molecule has 0 radical (unpaired) electrons. The molecule has 24 heavy (non-hydrogen) atoms. The standard InChI is InChI=1S/C18H26N4O2/c1-5-18(6-2,17(23)24)12-19-11-15-13(3)21-22(14(15)4)16-9-7-8-10-20-16/h7-10,19H,5-6,11-12H2,1-4H3,(H,23,24). The first kappa shape index (κ1) is 18.1. The number of pyridine rings is 1. The summed E-state index contributed by atoms with van der Waals surface area (Å²) in [6, 6.07) is 5.72. The zero-order valence-electron chi connectivity index (χ0n) is 14.8. The molecule has 0 spiro atoms. The Hall–Kier alpha value is -2.21. The van der Waals surface area contributed by atoms with E-state index in [0.29, 0.717) is 25.9 Å². The van der Waals surface area contributed by atoms with E-state index in [4.69, 9.17) is 0 Å². The van der Waals surface area contributed by atoms with Crippen molar-refractivity contribution in [2.75, 3.05) is 6.54 Å². The van der Waals surface area contributed by atoms with Gasteiger partial charge in [-0.05, 0) is 38.8 Å². The molecule has 2 N–H and O–H groups in total. The Labute approximate surface area is 142 Å². The van der Waals surface area contributed by atoms with Gasteiger partial charge in [-0.15, -0.1) is 0 Å². The zero-order valence-corrected chi connectivity index (χ0v) is 14.8. The average Bonchev–Trinajstić information content (AvgIpc) is 2.87. The summed E-state index contributed by atoms with van der Waals surface area (Å²) in [6.45, 7) is 8.87. The maximum Gasteiger partial charge on any atom is 0.310 e. The molecule has 0 bridgehead atoms. The van der Waals surface area contributed by atoms with Crippen LogP contribution in [0.2, 0.25) is 0 Å². The van der Waals surface area contributed by atoms with Gasteiger partial charge in [0.05, 0.1) is 11.1 Å². The van der Waals surface area contributed by atoms with Crippen molar-refractivity contribution in [1.29, 1.82) is 0 Å². The molecule has 0 aliphatic heterocycles. The molecule has 0 saturated carbocycles. The minimum Gasteiger partial charge on any atom is -0.481 e. The molecule has 2 heterocycles. The Morgan fingerprint density at radius 2 is 2.00 bits per heavy atom. The molecule has 130 valence electrons. The largest absolute Gasteiger partial charge is 0.481 e. The lowest BCUT2D eigenvalue weighted by molar-refractivity contribution is -0.149. The highest BCUT2D eigenvalue weighted by Crippen LogP contribution is 2.26. The van der Waals surface area contributed by atoms with E-state index < -0.39 is 11.4 Å². The molecule has 0 amide bonds. The lowest BCUT2D eigenvalue weighted by Gasteiger charge is -2.27. The second kappa shape index (κ2) is 7.57. The van der Waals surface area contributed by atoms with Crippen LogP contribution < -0.4 is 5.32 Å². The number of carboxylic acid groups (broad SMARTS) is 1. The van der Waals surface area contributed by atoms with E-state index in [1.54, 1.807) is 6.20 Å². The van der Waals surface area contributed by atoms with Crippen LogP contribution in [0.1, 0.15) is 43.6 Å². The second-order valence-corrected chi connectivity index (χ2v) is 6.15. The SMILES string of the molecule is CCC(CC)(CNCc1c(C)nn(-c2ccccn2)c1C)C(=O)O. The number of hydrogen-bond donors (Lipinski definition) is 2. The van der Waals surface area contributed by atoms with Gasteiger partial charge in [-0.2, -0.15) is 5.10 Å². The number of aliphatic carboxylic acids is 1. The number of nitrogens with zero attached hydrogens (tertiary/aromatic N) is 3. The van der Waals surface area contributed by atoms with Gasteiger partial charge >= 0.3 is 5.97 Å². The lowest BCUT2D eigenvalue weighted by atomic mass is 9.82. The van der Waals surface area contributed by atoms with Gasteiger partial charge in [0.1, 0.15) is 0 Å². The molecule has 2 rings (SSSR count). The van der Waals surface area contributed by atoms with Crippen molar-refractivity contribution in [2.45, 2.75) is 47.1 Å². The number of aryl methyl sites for hydroxylation is 1. The third-order valence-corrected chi connectivity index (χ3v) is 4.88. The summed E-state index contributed by atoms with van der Waals surface area (Å²) in [5, 5.41) is 17.4. The summed E-state index contributed by atoms with van der Waals surface area (Å²) < 4.78 is 1.83. The van der Waals surface area contributed by atoms with Gasteiger partial charge in [-0.3, -0.25) is 4.79 Å². The van der Waals surface area contributed by atoms with Crippen LogP contribution in [0.25, 0.3) is 5.82 Å². The molecule has 0 aliphatic rings. The summed E-state index contributed by atoms with van der Waals surface area (Å²) in [5.41, 5.74) is 2.33. The van der Waals surface area contributed by atoms with E-state index >= 15 is 0 Å². The van der Waals surface area contributed by atoms with E-state index in [2.05, 4.69) is 15.4 Å². The zero-order chi connectivity index (χ0) is 17.7. The minimum atomic E-state index is -0.738. The number of aromatic nitrogens is 3. The van der Waals surface area contributed by atoms with Crippen molar-refractivity contribution in [3.8, 4) is 5.82 Å². The number of carboxylic acids is 1. The van der Waals surface area contributed by atoms with E-state index in [1.807, 2.05) is 50.6 Å². The van der Waals surface area contributed by atoms with Crippen molar-refractivity contribution in [1.82, 2.24) is 20.1 Å². The minimum absolute atomic E-state index is 0.447.